The summed E-state index contributed by atoms with van der Waals surface area (Å²) in [7, 11) is 6.68. The highest BCUT2D eigenvalue weighted by atomic mass is 16.5. The molecule has 0 aromatic heterocycles. The van der Waals surface area contributed by atoms with E-state index in [1.807, 2.05) is 39.5 Å². The van der Waals surface area contributed by atoms with Gasteiger partial charge in [-0.2, -0.15) is 0 Å². The van der Waals surface area contributed by atoms with Crippen LogP contribution in [-0.4, -0.2) is 149 Å². The Morgan fingerprint density at radius 2 is 1.55 bits per heavy atom. The fourth-order valence-electron chi connectivity index (χ4n) is 7.48. The van der Waals surface area contributed by atoms with Gasteiger partial charge >= 0.3 is 0 Å². The number of amides is 4. The van der Waals surface area contributed by atoms with E-state index in [4.69, 9.17) is 9.47 Å². The van der Waals surface area contributed by atoms with E-state index in [9.17, 15) is 19.2 Å². The average Bonchev–Trinajstić information content (AvgIpc) is 3.56. The van der Waals surface area contributed by atoms with Crippen molar-refractivity contribution in [3.05, 3.63) is 0 Å². The lowest BCUT2D eigenvalue weighted by Crippen LogP contribution is -2.59. The van der Waals surface area contributed by atoms with E-state index < -0.39 is 36.3 Å². The molecule has 284 valence electrons. The van der Waals surface area contributed by atoms with Gasteiger partial charge in [-0.3, -0.25) is 24.1 Å². The lowest BCUT2D eigenvalue weighted by atomic mass is 9.89. The summed E-state index contributed by atoms with van der Waals surface area (Å²) in [5.74, 6) is -1.11. The van der Waals surface area contributed by atoms with Crippen molar-refractivity contribution in [2.45, 2.75) is 111 Å². The van der Waals surface area contributed by atoms with Crippen LogP contribution >= 0.6 is 0 Å². The maximum absolute atomic E-state index is 14.1. The van der Waals surface area contributed by atoms with Crippen molar-refractivity contribution in [1.29, 1.82) is 0 Å². The molecule has 0 bridgehead atoms. The quantitative estimate of drug-likeness (QED) is 0.148. The van der Waals surface area contributed by atoms with Gasteiger partial charge in [0.1, 0.15) is 6.04 Å². The average molecular weight is 696 g/mol. The van der Waals surface area contributed by atoms with E-state index in [0.717, 1.165) is 52.0 Å². The summed E-state index contributed by atoms with van der Waals surface area (Å²) in [4.78, 5) is 60.4. The van der Waals surface area contributed by atoms with Gasteiger partial charge in [-0.05, 0) is 37.6 Å². The first-order chi connectivity index (χ1) is 23.2. The second-order valence-electron chi connectivity index (χ2n) is 14.7. The molecule has 0 spiro atoms. The minimum atomic E-state index is -0.734. The Labute approximate surface area is 296 Å². The van der Waals surface area contributed by atoms with Crippen molar-refractivity contribution in [2.24, 2.45) is 23.7 Å². The molecule has 2 heterocycles. The molecule has 0 aromatic rings. The third-order valence-corrected chi connectivity index (χ3v) is 10.7. The molecule has 0 saturated carbocycles. The molecule has 2 rings (SSSR count). The molecule has 0 radical (unpaired) electrons. The summed E-state index contributed by atoms with van der Waals surface area (Å²) in [6.45, 7) is 19.6. The summed E-state index contributed by atoms with van der Waals surface area (Å²) < 4.78 is 11.9. The molecule has 13 nitrogen and oxygen atoms in total. The van der Waals surface area contributed by atoms with Crippen molar-refractivity contribution in [3.8, 4) is 0 Å². The summed E-state index contributed by atoms with van der Waals surface area (Å²) in [5, 5.41) is 12.5. The van der Waals surface area contributed by atoms with Crippen LogP contribution < -0.4 is 21.3 Å². The molecule has 0 aliphatic carbocycles. The summed E-state index contributed by atoms with van der Waals surface area (Å²) in [6.07, 6.45) is 1.38. The van der Waals surface area contributed by atoms with Gasteiger partial charge in [0, 0.05) is 67.1 Å². The van der Waals surface area contributed by atoms with Gasteiger partial charge in [0.05, 0.1) is 42.7 Å². The maximum atomic E-state index is 14.1. The SMILES string of the molecule is CC[C@H](C)[C@@H]([C@@H](CC(=O)N1CCCC1[C@H](OC)[C@@H](C)C(=O)NCCN1CCNCC1)OC)N(C)C(=O)C(NC(=O)C(NC)C(C)C)C(C)C. The van der Waals surface area contributed by atoms with Crippen LogP contribution in [0.1, 0.15) is 74.1 Å². The highest BCUT2D eigenvalue weighted by Crippen LogP contribution is 2.29. The first-order valence-corrected chi connectivity index (χ1v) is 18.5. The van der Waals surface area contributed by atoms with Gasteiger partial charge < -0.3 is 40.5 Å². The van der Waals surface area contributed by atoms with Crippen LogP contribution in [0.3, 0.4) is 0 Å². The Morgan fingerprint density at radius 1 is 0.918 bits per heavy atom. The van der Waals surface area contributed by atoms with Gasteiger partial charge in [-0.15, -0.1) is 0 Å². The Kier molecular flexibility index (Phi) is 18.5. The number of hydrogen-bond acceptors (Lipinski definition) is 9. The number of nitrogens with zero attached hydrogens (tertiary/aromatic N) is 3. The van der Waals surface area contributed by atoms with Crippen LogP contribution in [0.4, 0.5) is 0 Å². The van der Waals surface area contributed by atoms with Crippen LogP contribution in [0.15, 0.2) is 0 Å². The number of piperazine rings is 1. The van der Waals surface area contributed by atoms with Crippen molar-refractivity contribution in [2.75, 3.05) is 74.1 Å². The molecular weight excluding hydrogens is 626 g/mol. The molecule has 2 fully saturated rings. The molecule has 2 aliphatic rings. The second-order valence-corrected chi connectivity index (χ2v) is 14.7. The van der Waals surface area contributed by atoms with Crippen LogP contribution in [0.5, 0.6) is 0 Å². The Balaban J connectivity index is 2.17. The number of nitrogens with one attached hydrogen (secondary N) is 4. The summed E-state index contributed by atoms with van der Waals surface area (Å²) in [5.41, 5.74) is 0. The highest BCUT2D eigenvalue weighted by Gasteiger charge is 2.43. The molecule has 2 aliphatic heterocycles. The number of carbonyl (C=O) groups excluding carboxylic acids is 4. The Hall–Kier alpha value is -2.32. The minimum Gasteiger partial charge on any atom is -0.379 e. The number of carbonyl (C=O) groups is 4. The molecule has 4 N–H and O–H groups in total. The molecule has 49 heavy (non-hydrogen) atoms. The van der Waals surface area contributed by atoms with Gasteiger partial charge in [0.2, 0.25) is 23.6 Å². The van der Waals surface area contributed by atoms with Crippen molar-refractivity contribution in [3.63, 3.8) is 0 Å². The van der Waals surface area contributed by atoms with E-state index in [1.54, 1.807) is 33.2 Å². The van der Waals surface area contributed by atoms with Crippen molar-refractivity contribution < 1.29 is 28.7 Å². The molecular formula is C36H69N7O6. The minimum absolute atomic E-state index is 0.0157. The zero-order valence-corrected chi connectivity index (χ0v) is 32.3. The van der Waals surface area contributed by atoms with Crippen LogP contribution in [0, 0.1) is 23.7 Å². The topological polar surface area (TPSA) is 145 Å². The van der Waals surface area contributed by atoms with E-state index in [1.165, 1.54) is 0 Å². The van der Waals surface area contributed by atoms with Crippen molar-refractivity contribution in [1.82, 2.24) is 36.0 Å². The van der Waals surface area contributed by atoms with Crippen LogP contribution in [-0.2, 0) is 28.7 Å². The lowest BCUT2D eigenvalue weighted by molar-refractivity contribution is -0.147. The molecule has 4 amide bonds. The number of likely N-dealkylation sites (N-methyl/N-ethyl adjacent to an activating group) is 2. The number of likely N-dealkylation sites (tertiary alicyclic amines) is 1. The molecule has 13 heteroatoms. The third kappa shape index (κ3) is 11.9. The fraction of sp³-hybridized carbons (Fsp3) is 0.889. The third-order valence-electron chi connectivity index (χ3n) is 10.7. The highest BCUT2D eigenvalue weighted by molar-refractivity contribution is 5.90. The van der Waals surface area contributed by atoms with Gasteiger partial charge in [0.25, 0.3) is 0 Å². The smallest absolute Gasteiger partial charge is 0.245 e. The Bertz CT molecular complexity index is 1040. The number of ether oxygens (including phenoxy) is 2. The predicted octanol–water partition coefficient (Wildman–Crippen LogP) is 1.31. The zero-order valence-electron chi connectivity index (χ0n) is 32.3. The molecule has 2 saturated heterocycles. The monoisotopic (exact) mass is 696 g/mol. The normalized spacial score (nSPS) is 21.5. The largest absolute Gasteiger partial charge is 0.379 e. The fourth-order valence-corrected chi connectivity index (χ4v) is 7.48. The summed E-state index contributed by atoms with van der Waals surface area (Å²) >= 11 is 0. The number of hydrogen-bond donors (Lipinski definition) is 4. The molecule has 3 unspecified atom stereocenters. The van der Waals surface area contributed by atoms with Crippen LogP contribution in [0.25, 0.3) is 0 Å². The Morgan fingerprint density at radius 3 is 2.08 bits per heavy atom. The first kappa shape index (κ1) is 42.8. The van der Waals surface area contributed by atoms with Crippen molar-refractivity contribution >= 4 is 23.6 Å². The predicted molar refractivity (Wildman–Crippen MR) is 193 cm³/mol. The standard InChI is InChI=1S/C36H69N7O6/c1-12-25(6)32(41(9)36(47)31(24(4)5)40-35(46)30(37-8)23(2)3)28(48-10)22-29(44)43-18-13-14-27(43)33(49-11)26(7)34(45)39-17-21-42-19-15-38-16-20-42/h23-28,30-33,37-38H,12-22H2,1-11H3,(H,39,45)(H,40,46)/t25-,26+,27?,28+,30?,31?,32-,33+/m0/s1. The molecule has 0 aromatic carbocycles. The maximum Gasteiger partial charge on any atom is 0.245 e. The van der Waals surface area contributed by atoms with Crippen LogP contribution in [0.2, 0.25) is 0 Å². The van der Waals surface area contributed by atoms with Gasteiger partial charge in [-0.25, -0.2) is 0 Å². The van der Waals surface area contributed by atoms with E-state index in [-0.39, 0.29) is 53.8 Å². The summed E-state index contributed by atoms with van der Waals surface area (Å²) in [6, 6.07) is -1.81. The first-order valence-electron chi connectivity index (χ1n) is 18.5. The van der Waals surface area contributed by atoms with Gasteiger partial charge in [-0.1, -0.05) is 54.9 Å². The van der Waals surface area contributed by atoms with E-state index in [2.05, 4.69) is 40.0 Å². The molecule has 8 atom stereocenters. The van der Waals surface area contributed by atoms with E-state index in [0.29, 0.717) is 13.1 Å². The lowest BCUT2D eigenvalue weighted by Gasteiger charge is -2.41. The number of rotatable bonds is 20. The van der Waals surface area contributed by atoms with E-state index >= 15 is 0 Å². The van der Waals surface area contributed by atoms with Gasteiger partial charge in [0.15, 0.2) is 0 Å². The second kappa shape index (κ2) is 21.1. The number of methoxy groups -OCH3 is 2. The zero-order chi connectivity index (χ0) is 36.8.